The molecule has 1 aliphatic heterocycles. The lowest BCUT2D eigenvalue weighted by molar-refractivity contribution is 0.0642. The number of nitrogens with zero attached hydrogens (tertiary/aromatic N) is 2. The lowest BCUT2D eigenvalue weighted by Gasteiger charge is -2.15. The van der Waals surface area contributed by atoms with E-state index in [-0.39, 0.29) is 29.5 Å². The molecular weight excluding hydrogens is 484 g/mol. The molecule has 0 fully saturated rings. The summed E-state index contributed by atoms with van der Waals surface area (Å²) in [6.07, 6.45) is 3.43. The third-order valence-corrected chi connectivity index (χ3v) is 6.78. The predicted molar refractivity (Wildman–Crippen MR) is 136 cm³/mol. The molecule has 35 heavy (non-hydrogen) atoms. The van der Waals surface area contributed by atoms with Gasteiger partial charge in [0.25, 0.3) is 17.7 Å². The second kappa shape index (κ2) is 9.69. The van der Waals surface area contributed by atoms with Crippen LogP contribution in [0.1, 0.15) is 41.5 Å². The van der Waals surface area contributed by atoms with Gasteiger partial charge in [0.15, 0.2) is 0 Å². The Balaban J connectivity index is 1.32. The smallest absolute Gasteiger partial charge is 0.265 e. The van der Waals surface area contributed by atoms with E-state index in [4.69, 9.17) is 11.6 Å². The van der Waals surface area contributed by atoms with E-state index in [1.54, 1.807) is 42.7 Å². The zero-order valence-electron chi connectivity index (χ0n) is 18.3. The molecule has 0 saturated carbocycles. The summed E-state index contributed by atoms with van der Waals surface area (Å²) < 4.78 is 0.490. The molecule has 9 heteroatoms. The fourth-order valence-corrected chi connectivity index (χ4v) is 4.83. The number of nitrogens with one attached hydrogen (secondary N) is 2. The van der Waals surface area contributed by atoms with Gasteiger partial charge in [-0.25, -0.2) is 0 Å². The maximum Gasteiger partial charge on any atom is 0.265 e. The Kier molecular flexibility index (Phi) is 6.31. The van der Waals surface area contributed by atoms with E-state index in [0.29, 0.717) is 21.4 Å². The van der Waals surface area contributed by atoms with E-state index in [9.17, 15) is 14.4 Å². The molecule has 5 rings (SSSR count). The number of pyridine rings is 1. The summed E-state index contributed by atoms with van der Waals surface area (Å²) in [5.41, 5.74) is 3.56. The van der Waals surface area contributed by atoms with Crippen molar-refractivity contribution >= 4 is 52.0 Å². The van der Waals surface area contributed by atoms with Crippen molar-refractivity contribution in [3.05, 3.63) is 111 Å². The number of imide groups is 1. The Morgan fingerprint density at radius 3 is 2.49 bits per heavy atom. The number of rotatable bonds is 7. The molecule has 0 saturated heterocycles. The van der Waals surface area contributed by atoms with Gasteiger partial charge in [0.2, 0.25) is 0 Å². The van der Waals surface area contributed by atoms with E-state index in [1.807, 2.05) is 36.4 Å². The predicted octanol–water partition coefficient (Wildman–Crippen LogP) is 5.46. The molecule has 2 aromatic heterocycles. The molecule has 2 aromatic carbocycles. The third kappa shape index (κ3) is 4.80. The van der Waals surface area contributed by atoms with Gasteiger partial charge in [-0.05, 0) is 47.5 Å². The van der Waals surface area contributed by atoms with E-state index >= 15 is 0 Å². The molecule has 0 spiro atoms. The second-order valence-corrected chi connectivity index (χ2v) is 9.61. The van der Waals surface area contributed by atoms with Crippen molar-refractivity contribution in [2.45, 2.75) is 13.1 Å². The van der Waals surface area contributed by atoms with Crippen molar-refractivity contribution in [1.29, 1.82) is 0 Å². The topological polar surface area (TPSA) is 91.4 Å². The number of hydrogen-bond acceptors (Lipinski definition) is 6. The zero-order valence-corrected chi connectivity index (χ0v) is 19.9. The molecule has 3 heterocycles. The normalized spacial score (nSPS) is 12.5. The fourth-order valence-electron chi connectivity index (χ4n) is 3.90. The Morgan fingerprint density at radius 2 is 1.71 bits per heavy atom. The number of hydrogen-bond donors (Lipinski definition) is 2. The molecule has 0 bridgehead atoms. The number of anilines is 2. The van der Waals surface area contributed by atoms with Crippen LogP contribution in [0.3, 0.4) is 0 Å². The van der Waals surface area contributed by atoms with Gasteiger partial charge in [0.05, 0.1) is 32.6 Å². The molecule has 0 unspecified atom stereocenters. The lowest BCUT2D eigenvalue weighted by atomic mass is 10.1. The van der Waals surface area contributed by atoms with Gasteiger partial charge in [0.1, 0.15) is 0 Å². The highest BCUT2D eigenvalue weighted by molar-refractivity contribution is 7.18. The Hall–Kier alpha value is -4.01. The van der Waals surface area contributed by atoms with Crippen LogP contribution >= 0.6 is 22.9 Å². The highest BCUT2D eigenvalue weighted by Crippen LogP contribution is 2.31. The minimum Gasteiger partial charge on any atom is -0.381 e. The van der Waals surface area contributed by atoms with Crippen LogP contribution in [0.15, 0.2) is 79.1 Å². The highest BCUT2D eigenvalue weighted by Gasteiger charge is 2.37. The van der Waals surface area contributed by atoms with Crippen LogP contribution in [0.5, 0.6) is 0 Å². The molecule has 174 valence electrons. The van der Waals surface area contributed by atoms with Crippen molar-refractivity contribution in [2.24, 2.45) is 0 Å². The SMILES string of the molecule is O=C(Nc1cccc2c1C(=O)N(Cc1cccc(CNc3ccncc3)c1)C2=O)c1ccc(Cl)s1. The van der Waals surface area contributed by atoms with Crippen molar-refractivity contribution in [3.8, 4) is 0 Å². The standard InChI is InChI=1S/C26H19ClN4O3S/c27-22-8-7-21(35-22)24(32)30-20-6-2-5-19-23(20)26(34)31(25(19)33)15-17-4-1-3-16(13-17)14-29-18-9-11-28-12-10-18/h1-13H,14-15H2,(H,28,29)(H,30,32). The van der Waals surface area contributed by atoms with Crippen LogP contribution in [-0.2, 0) is 13.1 Å². The van der Waals surface area contributed by atoms with E-state index in [1.165, 1.54) is 4.90 Å². The van der Waals surface area contributed by atoms with Crippen molar-refractivity contribution < 1.29 is 14.4 Å². The first-order valence-electron chi connectivity index (χ1n) is 10.8. The number of carbonyl (C=O) groups is 3. The van der Waals surface area contributed by atoms with Crippen LogP contribution in [0.25, 0.3) is 0 Å². The highest BCUT2D eigenvalue weighted by atomic mass is 35.5. The van der Waals surface area contributed by atoms with Gasteiger partial charge in [-0.15, -0.1) is 11.3 Å². The monoisotopic (exact) mass is 502 g/mol. The van der Waals surface area contributed by atoms with E-state index in [0.717, 1.165) is 28.2 Å². The van der Waals surface area contributed by atoms with Gasteiger partial charge in [-0.1, -0.05) is 41.9 Å². The summed E-state index contributed by atoms with van der Waals surface area (Å²) in [4.78, 5) is 44.6. The van der Waals surface area contributed by atoms with Crippen molar-refractivity contribution in [1.82, 2.24) is 9.88 Å². The summed E-state index contributed by atoms with van der Waals surface area (Å²) in [7, 11) is 0. The Morgan fingerprint density at radius 1 is 0.943 bits per heavy atom. The van der Waals surface area contributed by atoms with Crippen LogP contribution in [0.2, 0.25) is 4.34 Å². The molecular formula is C26H19ClN4O3S. The average Bonchev–Trinajstić information content (AvgIpc) is 3.41. The number of aromatic nitrogens is 1. The number of thiophene rings is 1. The first-order valence-corrected chi connectivity index (χ1v) is 12.0. The molecule has 0 atom stereocenters. The summed E-state index contributed by atoms with van der Waals surface area (Å²) in [5.74, 6) is -1.21. The van der Waals surface area contributed by atoms with Crippen molar-refractivity contribution in [3.63, 3.8) is 0 Å². The average molecular weight is 503 g/mol. The summed E-state index contributed by atoms with van der Waals surface area (Å²) in [6.45, 7) is 0.715. The number of amides is 3. The van der Waals surface area contributed by atoms with Crippen LogP contribution in [-0.4, -0.2) is 27.6 Å². The van der Waals surface area contributed by atoms with Gasteiger partial charge in [0, 0.05) is 24.6 Å². The Bertz CT molecular complexity index is 1440. The largest absolute Gasteiger partial charge is 0.381 e. The first kappa shape index (κ1) is 22.8. The molecule has 3 amide bonds. The third-order valence-electron chi connectivity index (χ3n) is 5.55. The quantitative estimate of drug-likeness (QED) is 0.327. The number of halogens is 1. The minimum atomic E-state index is -0.439. The van der Waals surface area contributed by atoms with Gasteiger partial charge < -0.3 is 10.6 Å². The Labute approximate surface area is 210 Å². The summed E-state index contributed by atoms with van der Waals surface area (Å²) in [5, 5.41) is 6.07. The van der Waals surface area contributed by atoms with Crippen LogP contribution in [0.4, 0.5) is 11.4 Å². The maximum absolute atomic E-state index is 13.3. The number of fused-ring (bicyclic) bond motifs is 1. The van der Waals surface area contributed by atoms with E-state index < -0.39 is 5.91 Å². The molecule has 7 nitrogen and oxygen atoms in total. The number of carbonyl (C=O) groups excluding carboxylic acids is 3. The molecule has 2 N–H and O–H groups in total. The summed E-state index contributed by atoms with van der Waals surface area (Å²) >= 11 is 7.07. The fraction of sp³-hybridized carbons (Fsp3) is 0.0769. The van der Waals surface area contributed by atoms with Gasteiger partial charge in [-0.2, -0.15) is 0 Å². The lowest BCUT2D eigenvalue weighted by Crippen LogP contribution is -2.29. The second-order valence-electron chi connectivity index (χ2n) is 7.89. The van der Waals surface area contributed by atoms with Crippen LogP contribution in [0, 0.1) is 0 Å². The molecule has 0 radical (unpaired) electrons. The maximum atomic E-state index is 13.3. The first-order chi connectivity index (χ1) is 17.0. The molecule has 1 aliphatic rings. The summed E-state index contributed by atoms with van der Waals surface area (Å²) in [6, 6.07) is 19.6. The van der Waals surface area contributed by atoms with Crippen molar-refractivity contribution in [2.75, 3.05) is 10.6 Å². The number of benzene rings is 2. The van der Waals surface area contributed by atoms with E-state index in [2.05, 4.69) is 15.6 Å². The zero-order chi connectivity index (χ0) is 24.4. The minimum absolute atomic E-state index is 0.128. The van der Waals surface area contributed by atoms with Gasteiger partial charge >= 0.3 is 0 Å². The molecule has 0 aliphatic carbocycles. The van der Waals surface area contributed by atoms with Gasteiger partial charge in [-0.3, -0.25) is 24.3 Å². The van der Waals surface area contributed by atoms with Crippen LogP contribution < -0.4 is 10.6 Å². The molecule has 4 aromatic rings.